The first-order chi connectivity index (χ1) is 21.0. The molecule has 2 aliphatic carbocycles. The molecule has 0 radical (unpaired) electrons. The van der Waals surface area contributed by atoms with Gasteiger partial charge in [-0.3, -0.25) is 9.59 Å². The summed E-state index contributed by atoms with van der Waals surface area (Å²) in [6.45, 7) is 6.47. The molecule has 5 atom stereocenters. The zero-order chi connectivity index (χ0) is 31.3. The Balaban J connectivity index is 1.43. The normalized spacial score (nSPS) is 23.9. The molecular weight excluding hydrogens is 554 g/mol. The van der Waals surface area contributed by atoms with Crippen LogP contribution in [0.25, 0.3) is 5.70 Å². The standard InChI is InChI=1S/C33H39N9O2/c1-19(36-18-30(43)42-26(17-34)14-25-15-29(25)42)16-33(32-37-39-41(5)38-32)27-10-8-21(20(2)40(3)4)12-22(27)6-7-23-13-24(31(35)44)9-11-28(23)33/h8-13,19,25-26,29,36H,2,6-7,14-16,18H2,1,3-5H3,(H2,35,44)/t19-,25-,26+,29+,33?/m1/s1. The lowest BCUT2D eigenvalue weighted by atomic mass is 9.67. The Morgan fingerprint density at radius 1 is 1.16 bits per heavy atom. The first-order valence-electron chi connectivity index (χ1n) is 15.1. The molecule has 11 heteroatoms. The summed E-state index contributed by atoms with van der Waals surface area (Å²) in [4.78, 5) is 30.8. The lowest BCUT2D eigenvalue weighted by Gasteiger charge is -2.36. The number of primary amides is 1. The fraction of sp³-hybridized carbons (Fsp3) is 0.455. The van der Waals surface area contributed by atoms with Gasteiger partial charge in [0.1, 0.15) is 6.04 Å². The molecule has 3 aliphatic rings. The minimum Gasteiger partial charge on any atom is -0.378 e. The van der Waals surface area contributed by atoms with Gasteiger partial charge < -0.3 is 20.9 Å². The molecule has 2 aromatic carbocycles. The summed E-state index contributed by atoms with van der Waals surface area (Å²) in [5.41, 5.74) is 11.4. The Bertz CT molecular complexity index is 1690. The SMILES string of the molecule is C=C(c1ccc2c(c1)CCc1cc(C(N)=O)ccc1C2(C[C@@H](C)NCC(=O)N1[C@H](C#N)C[C@@H]2C[C@@H]21)c1nnn(C)n1)N(C)C. The highest BCUT2D eigenvalue weighted by Gasteiger charge is 2.54. The molecule has 1 unspecified atom stereocenters. The Hall–Kier alpha value is -4.56. The van der Waals surface area contributed by atoms with Crippen molar-refractivity contribution in [3.63, 3.8) is 0 Å². The van der Waals surface area contributed by atoms with Gasteiger partial charge in [0.25, 0.3) is 0 Å². The predicted molar refractivity (Wildman–Crippen MR) is 165 cm³/mol. The van der Waals surface area contributed by atoms with E-state index in [4.69, 9.17) is 10.8 Å². The number of aromatic nitrogens is 4. The van der Waals surface area contributed by atoms with Crippen molar-refractivity contribution in [3.05, 3.63) is 82.2 Å². The van der Waals surface area contributed by atoms with Gasteiger partial charge in [0, 0.05) is 37.4 Å². The van der Waals surface area contributed by atoms with Crippen molar-refractivity contribution in [1.82, 2.24) is 35.3 Å². The van der Waals surface area contributed by atoms with Crippen LogP contribution in [-0.2, 0) is 30.1 Å². The summed E-state index contributed by atoms with van der Waals surface area (Å²) in [6, 6.07) is 14.0. The summed E-state index contributed by atoms with van der Waals surface area (Å²) < 4.78 is 0. The maximum Gasteiger partial charge on any atom is 0.248 e. The predicted octanol–water partition coefficient (Wildman–Crippen LogP) is 2.16. The molecular formula is C33H39N9O2. The van der Waals surface area contributed by atoms with E-state index in [1.165, 1.54) is 4.80 Å². The van der Waals surface area contributed by atoms with Gasteiger partial charge in [-0.15, -0.1) is 10.2 Å². The Morgan fingerprint density at radius 2 is 1.82 bits per heavy atom. The maximum absolute atomic E-state index is 13.3. The molecule has 6 rings (SSSR count). The van der Waals surface area contributed by atoms with Crippen molar-refractivity contribution >= 4 is 17.5 Å². The van der Waals surface area contributed by atoms with Crippen molar-refractivity contribution in [2.45, 2.75) is 62.6 Å². The number of nitrogens with one attached hydrogen (secondary N) is 1. The molecule has 3 N–H and O–H groups in total. The van der Waals surface area contributed by atoms with Gasteiger partial charge in [0.05, 0.1) is 25.1 Å². The second-order valence-corrected chi connectivity index (χ2v) is 12.7. The van der Waals surface area contributed by atoms with Gasteiger partial charge in [0.15, 0.2) is 5.82 Å². The Kier molecular flexibility index (Phi) is 7.49. The number of likely N-dealkylation sites (tertiary alicyclic amines) is 1. The minimum atomic E-state index is -0.844. The van der Waals surface area contributed by atoms with E-state index in [-0.39, 0.29) is 30.6 Å². The number of nitriles is 1. The van der Waals surface area contributed by atoms with Crippen LogP contribution >= 0.6 is 0 Å². The number of fused-ring (bicyclic) bond motifs is 3. The van der Waals surface area contributed by atoms with E-state index in [1.807, 2.05) is 31.1 Å². The zero-order valence-electron chi connectivity index (χ0n) is 25.7. The molecule has 44 heavy (non-hydrogen) atoms. The molecule has 1 aromatic heterocycles. The molecule has 2 amide bonds. The number of nitrogens with two attached hydrogens (primary N) is 1. The van der Waals surface area contributed by atoms with Crippen LogP contribution in [0.3, 0.4) is 0 Å². The molecule has 0 spiro atoms. The third-order valence-corrected chi connectivity index (χ3v) is 9.60. The van der Waals surface area contributed by atoms with E-state index >= 15 is 0 Å². The number of carbonyl (C=O) groups is 2. The van der Waals surface area contributed by atoms with E-state index in [1.54, 1.807) is 18.0 Å². The summed E-state index contributed by atoms with van der Waals surface area (Å²) in [7, 11) is 5.69. The number of carbonyl (C=O) groups excluding carboxylic acids is 2. The number of tetrazole rings is 1. The second-order valence-electron chi connectivity index (χ2n) is 12.7. The zero-order valence-corrected chi connectivity index (χ0v) is 25.7. The summed E-state index contributed by atoms with van der Waals surface area (Å²) in [6.07, 6.45) is 3.70. The van der Waals surface area contributed by atoms with E-state index in [0.29, 0.717) is 30.1 Å². The van der Waals surface area contributed by atoms with Crippen LogP contribution in [0.5, 0.6) is 0 Å². The molecule has 1 saturated carbocycles. The van der Waals surface area contributed by atoms with Crippen molar-refractivity contribution in [3.8, 4) is 6.07 Å². The van der Waals surface area contributed by atoms with E-state index in [0.717, 1.165) is 52.8 Å². The van der Waals surface area contributed by atoms with Crippen LogP contribution in [0.15, 0.2) is 43.0 Å². The minimum absolute atomic E-state index is 0.0420. The number of benzene rings is 2. The summed E-state index contributed by atoms with van der Waals surface area (Å²) in [5, 5.41) is 26.7. The first kappa shape index (κ1) is 29.5. The molecule has 0 bridgehead atoms. The summed E-state index contributed by atoms with van der Waals surface area (Å²) in [5.74, 6) is 0.483. The lowest BCUT2D eigenvalue weighted by Crippen LogP contribution is -2.46. The van der Waals surface area contributed by atoms with Crippen LogP contribution in [0.1, 0.15) is 70.2 Å². The summed E-state index contributed by atoms with van der Waals surface area (Å²) >= 11 is 0. The number of aryl methyl sites for hydroxylation is 3. The van der Waals surface area contributed by atoms with Crippen molar-refractivity contribution in [2.24, 2.45) is 18.7 Å². The van der Waals surface area contributed by atoms with Crippen LogP contribution in [0.2, 0.25) is 0 Å². The van der Waals surface area contributed by atoms with Gasteiger partial charge in [-0.2, -0.15) is 10.1 Å². The van der Waals surface area contributed by atoms with Crippen LogP contribution < -0.4 is 11.1 Å². The first-order valence-corrected chi connectivity index (χ1v) is 15.1. The van der Waals surface area contributed by atoms with Crippen molar-refractivity contribution < 1.29 is 9.59 Å². The number of nitrogens with zero attached hydrogens (tertiary/aromatic N) is 7. The largest absolute Gasteiger partial charge is 0.378 e. The van der Waals surface area contributed by atoms with E-state index in [2.05, 4.69) is 53.4 Å². The van der Waals surface area contributed by atoms with Crippen molar-refractivity contribution in [2.75, 3.05) is 20.6 Å². The lowest BCUT2D eigenvalue weighted by molar-refractivity contribution is -0.131. The Labute approximate surface area is 257 Å². The van der Waals surface area contributed by atoms with Gasteiger partial charge in [-0.1, -0.05) is 24.8 Å². The number of amides is 2. The van der Waals surface area contributed by atoms with Crippen LogP contribution in [0, 0.1) is 17.2 Å². The molecule has 3 aromatic rings. The monoisotopic (exact) mass is 593 g/mol. The molecule has 1 aliphatic heterocycles. The van der Waals surface area contributed by atoms with Gasteiger partial charge in [0.2, 0.25) is 11.8 Å². The van der Waals surface area contributed by atoms with Crippen molar-refractivity contribution in [1.29, 1.82) is 5.26 Å². The fourth-order valence-corrected chi connectivity index (χ4v) is 7.26. The number of hydrogen-bond acceptors (Lipinski definition) is 8. The molecule has 1 saturated heterocycles. The van der Waals surface area contributed by atoms with E-state index < -0.39 is 11.3 Å². The molecule has 228 valence electrons. The highest BCUT2D eigenvalue weighted by molar-refractivity contribution is 5.93. The molecule has 2 heterocycles. The second kappa shape index (κ2) is 11.2. The fourth-order valence-electron chi connectivity index (χ4n) is 7.26. The maximum atomic E-state index is 13.3. The van der Waals surface area contributed by atoms with E-state index in [9.17, 15) is 14.9 Å². The highest BCUT2D eigenvalue weighted by Crippen LogP contribution is 2.48. The average Bonchev–Trinajstić information content (AvgIpc) is 3.50. The quantitative estimate of drug-likeness (QED) is 0.384. The van der Waals surface area contributed by atoms with Gasteiger partial charge in [-0.05, 0) is 96.2 Å². The number of rotatable bonds is 9. The van der Waals surface area contributed by atoms with Crippen LogP contribution in [0.4, 0.5) is 0 Å². The third-order valence-electron chi connectivity index (χ3n) is 9.60. The number of hydrogen-bond donors (Lipinski definition) is 2. The Morgan fingerprint density at radius 3 is 2.41 bits per heavy atom. The highest BCUT2D eigenvalue weighted by atomic mass is 16.2. The van der Waals surface area contributed by atoms with Gasteiger partial charge >= 0.3 is 0 Å². The molecule has 11 nitrogen and oxygen atoms in total. The third kappa shape index (κ3) is 5.03. The topological polar surface area (TPSA) is 146 Å². The molecule has 2 fully saturated rings. The average molecular weight is 594 g/mol. The van der Waals surface area contributed by atoms with Gasteiger partial charge in [-0.25, -0.2) is 0 Å². The van der Waals surface area contributed by atoms with Crippen LogP contribution in [-0.4, -0.2) is 80.6 Å². The smallest absolute Gasteiger partial charge is 0.248 e. The number of piperidine rings is 1.